The Hall–Kier alpha value is -1.81. The molecule has 4 nitrogen and oxygen atoms in total. The first kappa shape index (κ1) is 12.2. The molecule has 1 heterocycles. The Morgan fingerprint density at radius 2 is 2.26 bits per heavy atom. The molecule has 3 rings (SSSR count). The molecule has 0 aliphatic heterocycles. The molecule has 1 aromatic heterocycles. The highest BCUT2D eigenvalue weighted by Crippen LogP contribution is 2.27. The monoisotopic (exact) mass is 258 g/mol. The zero-order chi connectivity index (χ0) is 13.4. The summed E-state index contributed by atoms with van der Waals surface area (Å²) in [6.07, 6.45) is 1.75. The number of fused-ring (bicyclic) bond motifs is 1. The summed E-state index contributed by atoms with van der Waals surface area (Å²) in [6.45, 7) is 2.25. The molecule has 19 heavy (non-hydrogen) atoms. The van der Waals surface area contributed by atoms with Gasteiger partial charge >= 0.3 is 0 Å². The van der Waals surface area contributed by atoms with E-state index >= 15 is 0 Å². The molecule has 0 atom stereocenters. The van der Waals surface area contributed by atoms with Crippen LogP contribution in [-0.4, -0.2) is 28.6 Å². The topological polar surface area (TPSA) is 65.1 Å². The number of carbonyl (C=O) groups excluding carboxylic acids is 1. The van der Waals surface area contributed by atoms with Crippen molar-refractivity contribution < 1.29 is 9.90 Å². The van der Waals surface area contributed by atoms with Gasteiger partial charge in [-0.1, -0.05) is 18.2 Å². The first-order chi connectivity index (χ1) is 9.17. The number of carbonyl (C=O) groups is 1. The fourth-order valence-corrected chi connectivity index (χ4v) is 2.70. The van der Waals surface area contributed by atoms with Crippen LogP contribution < -0.4 is 5.32 Å². The highest BCUT2D eigenvalue weighted by atomic mass is 16.3. The van der Waals surface area contributed by atoms with Gasteiger partial charge in [-0.25, -0.2) is 0 Å². The molecule has 0 bridgehead atoms. The lowest BCUT2D eigenvalue weighted by Crippen LogP contribution is -2.45. The molecule has 1 saturated carbocycles. The van der Waals surface area contributed by atoms with Crippen LogP contribution in [0.3, 0.4) is 0 Å². The fourth-order valence-electron chi connectivity index (χ4n) is 2.70. The lowest BCUT2D eigenvalue weighted by atomic mass is 9.81. The quantitative estimate of drug-likeness (QED) is 0.788. The van der Waals surface area contributed by atoms with Crippen LogP contribution in [0.1, 0.15) is 28.9 Å². The molecule has 1 amide bonds. The predicted molar refractivity (Wildman–Crippen MR) is 74.1 cm³/mol. The summed E-state index contributed by atoms with van der Waals surface area (Å²) in [6, 6.07) is 8.11. The number of hydrogen-bond donors (Lipinski definition) is 3. The van der Waals surface area contributed by atoms with Gasteiger partial charge in [-0.3, -0.25) is 4.79 Å². The van der Waals surface area contributed by atoms with Gasteiger partial charge < -0.3 is 15.4 Å². The van der Waals surface area contributed by atoms with Crippen molar-refractivity contribution in [2.75, 3.05) is 6.61 Å². The van der Waals surface area contributed by atoms with Crippen LogP contribution in [0.25, 0.3) is 10.9 Å². The molecule has 0 unspecified atom stereocenters. The minimum atomic E-state index is -0.0583. The summed E-state index contributed by atoms with van der Waals surface area (Å²) in [5.41, 5.74) is 2.77. The molecule has 0 saturated heterocycles. The lowest BCUT2D eigenvalue weighted by molar-refractivity contribution is 0.0828. The van der Waals surface area contributed by atoms with Gasteiger partial charge in [-0.05, 0) is 37.3 Å². The average Bonchev–Trinajstić information content (AvgIpc) is 2.78. The highest BCUT2D eigenvalue weighted by molar-refractivity contribution is 5.98. The number of para-hydroxylation sites is 1. The maximum absolute atomic E-state index is 12.1. The summed E-state index contributed by atoms with van der Waals surface area (Å²) in [7, 11) is 0. The number of aromatic amines is 1. The number of aliphatic hydroxyl groups is 1. The van der Waals surface area contributed by atoms with E-state index in [4.69, 9.17) is 5.11 Å². The first-order valence-corrected chi connectivity index (χ1v) is 6.67. The Balaban J connectivity index is 1.73. The van der Waals surface area contributed by atoms with Gasteiger partial charge in [-0.2, -0.15) is 0 Å². The normalized spacial score (nSPS) is 22.2. The molecular formula is C15H18N2O2. The number of nitrogens with one attached hydrogen (secondary N) is 2. The zero-order valence-corrected chi connectivity index (χ0v) is 10.9. The number of aliphatic hydroxyl groups excluding tert-OH is 1. The van der Waals surface area contributed by atoms with E-state index in [1.807, 2.05) is 31.2 Å². The molecule has 1 fully saturated rings. The molecule has 100 valence electrons. The van der Waals surface area contributed by atoms with Gasteiger partial charge in [0.25, 0.3) is 5.91 Å². The van der Waals surface area contributed by atoms with Crippen LogP contribution in [0.15, 0.2) is 24.3 Å². The lowest BCUT2D eigenvalue weighted by Gasteiger charge is -2.34. The molecule has 2 aromatic rings. The fraction of sp³-hybridized carbons (Fsp3) is 0.400. The minimum Gasteiger partial charge on any atom is -0.396 e. The average molecular weight is 258 g/mol. The largest absolute Gasteiger partial charge is 0.396 e. The van der Waals surface area contributed by atoms with E-state index in [-0.39, 0.29) is 18.6 Å². The Morgan fingerprint density at radius 1 is 1.47 bits per heavy atom. The molecule has 4 heteroatoms. The van der Waals surface area contributed by atoms with Gasteiger partial charge in [0.15, 0.2) is 0 Å². The maximum atomic E-state index is 12.1. The van der Waals surface area contributed by atoms with Gasteiger partial charge in [0.2, 0.25) is 0 Å². The van der Waals surface area contributed by atoms with Crippen molar-refractivity contribution in [1.82, 2.24) is 10.3 Å². The van der Waals surface area contributed by atoms with Crippen LogP contribution in [0.4, 0.5) is 0 Å². The standard InChI is InChI=1S/C15H18N2O2/c1-9-3-2-4-11-7-13(17-14(9)11)15(19)16-12-5-10(6-12)8-18/h2-4,7,10,12,17-18H,5-6,8H2,1H3,(H,16,19). The number of rotatable bonds is 3. The Morgan fingerprint density at radius 3 is 2.95 bits per heavy atom. The van der Waals surface area contributed by atoms with Gasteiger partial charge in [0.1, 0.15) is 5.69 Å². The van der Waals surface area contributed by atoms with E-state index in [2.05, 4.69) is 10.3 Å². The van der Waals surface area contributed by atoms with Crippen molar-refractivity contribution >= 4 is 16.8 Å². The number of aromatic nitrogens is 1. The second kappa shape index (κ2) is 4.70. The van der Waals surface area contributed by atoms with Crippen LogP contribution in [-0.2, 0) is 0 Å². The smallest absolute Gasteiger partial charge is 0.267 e. The van der Waals surface area contributed by atoms with Crippen LogP contribution in [0.2, 0.25) is 0 Å². The third kappa shape index (κ3) is 2.24. The zero-order valence-electron chi connectivity index (χ0n) is 10.9. The van der Waals surface area contributed by atoms with Crippen molar-refractivity contribution in [3.63, 3.8) is 0 Å². The Bertz CT molecular complexity index is 612. The number of amides is 1. The van der Waals surface area contributed by atoms with E-state index in [9.17, 15) is 4.79 Å². The molecular weight excluding hydrogens is 240 g/mol. The van der Waals surface area contributed by atoms with Crippen molar-refractivity contribution in [3.05, 3.63) is 35.5 Å². The highest BCUT2D eigenvalue weighted by Gasteiger charge is 2.30. The van der Waals surface area contributed by atoms with E-state index in [1.54, 1.807) is 0 Å². The maximum Gasteiger partial charge on any atom is 0.267 e. The van der Waals surface area contributed by atoms with Gasteiger partial charge in [-0.15, -0.1) is 0 Å². The summed E-state index contributed by atoms with van der Waals surface area (Å²) in [4.78, 5) is 15.3. The van der Waals surface area contributed by atoms with Gasteiger partial charge in [0.05, 0.1) is 0 Å². The number of hydrogen-bond acceptors (Lipinski definition) is 2. The first-order valence-electron chi connectivity index (χ1n) is 6.67. The summed E-state index contributed by atoms with van der Waals surface area (Å²) >= 11 is 0. The van der Waals surface area contributed by atoms with Crippen molar-refractivity contribution in [1.29, 1.82) is 0 Å². The summed E-state index contributed by atoms with van der Waals surface area (Å²) in [5.74, 6) is 0.298. The SMILES string of the molecule is Cc1cccc2cc(C(=O)NC3CC(CO)C3)[nH]c12. The number of H-pyrrole nitrogens is 1. The number of benzene rings is 1. The molecule has 0 spiro atoms. The molecule has 3 N–H and O–H groups in total. The third-order valence-corrected chi connectivity index (χ3v) is 3.94. The Kier molecular flexibility index (Phi) is 3.03. The second-order valence-corrected chi connectivity index (χ2v) is 5.41. The molecule has 0 radical (unpaired) electrons. The van der Waals surface area contributed by atoms with E-state index in [1.165, 1.54) is 0 Å². The van der Waals surface area contributed by atoms with Crippen molar-refractivity contribution in [2.24, 2.45) is 5.92 Å². The van der Waals surface area contributed by atoms with E-state index in [0.717, 1.165) is 29.3 Å². The van der Waals surface area contributed by atoms with Gasteiger partial charge in [0, 0.05) is 23.6 Å². The molecule has 1 aromatic carbocycles. The predicted octanol–water partition coefficient (Wildman–Crippen LogP) is 1.98. The van der Waals surface area contributed by atoms with Crippen LogP contribution in [0, 0.1) is 12.8 Å². The summed E-state index contributed by atoms with van der Waals surface area (Å²) < 4.78 is 0. The molecule has 1 aliphatic carbocycles. The van der Waals surface area contributed by atoms with Crippen molar-refractivity contribution in [2.45, 2.75) is 25.8 Å². The van der Waals surface area contributed by atoms with E-state index < -0.39 is 0 Å². The van der Waals surface area contributed by atoms with Crippen molar-refractivity contribution in [3.8, 4) is 0 Å². The summed E-state index contributed by atoms with van der Waals surface area (Å²) in [5, 5.41) is 13.0. The van der Waals surface area contributed by atoms with Crippen LogP contribution in [0.5, 0.6) is 0 Å². The van der Waals surface area contributed by atoms with E-state index in [0.29, 0.717) is 11.6 Å². The minimum absolute atomic E-state index is 0.0583. The Labute approximate surface area is 111 Å². The van der Waals surface area contributed by atoms with Crippen LogP contribution >= 0.6 is 0 Å². The molecule has 1 aliphatic rings. The third-order valence-electron chi connectivity index (χ3n) is 3.94. The number of aryl methyl sites for hydroxylation is 1. The second-order valence-electron chi connectivity index (χ2n) is 5.41.